The van der Waals surface area contributed by atoms with Crippen molar-refractivity contribution in [1.82, 2.24) is 4.98 Å². The summed E-state index contributed by atoms with van der Waals surface area (Å²) in [6, 6.07) is 5.42. The summed E-state index contributed by atoms with van der Waals surface area (Å²) in [5.41, 5.74) is 7.17. The predicted molar refractivity (Wildman–Crippen MR) is 75.2 cm³/mol. The molecule has 1 heterocycles. The Morgan fingerprint density at radius 2 is 2.32 bits per heavy atom. The number of nitrogens with zero attached hydrogens (tertiary/aromatic N) is 1. The molecule has 102 valence electrons. The first-order valence-electron chi connectivity index (χ1n) is 5.83. The van der Waals surface area contributed by atoms with E-state index in [2.05, 4.69) is 10.3 Å². The zero-order valence-electron chi connectivity index (χ0n) is 10.3. The highest BCUT2D eigenvalue weighted by Crippen LogP contribution is 2.27. The summed E-state index contributed by atoms with van der Waals surface area (Å²) in [6.45, 7) is 0.485. The van der Waals surface area contributed by atoms with Crippen LogP contribution in [0.1, 0.15) is 6.42 Å². The van der Waals surface area contributed by atoms with Crippen LogP contribution in [-0.2, 0) is 9.53 Å². The third kappa shape index (κ3) is 3.88. The number of hydrogen-bond donors (Lipinski definition) is 3. The number of amides is 1. The van der Waals surface area contributed by atoms with Crippen molar-refractivity contribution in [3.63, 3.8) is 0 Å². The van der Waals surface area contributed by atoms with E-state index in [1.54, 1.807) is 6.07 Å². The molecule has 0 radical (unpaired) electrons. The Balaban J connectivity index is 1.91. The van der Waals surface area contributed by atoms with Crippen molar-refractivity contribution in [2.45, 2.75) is 6.42 Å². The number of carbonyl (C=O) groups excluding carboxylic acids is 1. The fraction of sp³-hybridized carbons (Fsp3) is 0.333. The highest BCUT2D eigenvalue weighted by Gasteiger charge is 2.07. The molecule has 2 aromatic rings. The van der Waals surface area contributed by atoms with Gasteiger partial charge in [0.1, 0.15) is 0 Å². The molecule has 1 amide bonds. The van der Waals surface area contributed by atoms with Crippen LogP contribution in [0.15, 0.2) is 18.2 Å². The van der Waals surface area contributed by atoms with Crippen molar-refractivity contribution >= 4 is 38.3 Å². The lowest BCUT2D eigenvalue weighted by Gasteiger charge is -2.02. The second-order valence-corrected chi connectivity index (χ2v) is 4.91. The maximum Gasteiger partial charge on any atom is 0.228 e. The number of rotatable bonds is 6. The summed E-state index contributed by atoms with van der Waals surface area (Å²) >= 11 is 1.38. The van der Waals surface area contributed by atoms with Crippen molar-refractivity contribution < 1.29 is 14.6 Å². The van der Waals surface area contributed by atoms with Crippen LogP contribution in [0.4, 0.5) is 10.8 Å². The summed E-state index contributed by atoms with van der Waals surface area (Å²) in [4.78, 5) is 15.9. The van der Waals surface area contributed by atoms with E-state index in [0.29, 0.717) is 10.8 Å². The van der Waals surface area contributed by atoms with Gasteiger partial charge in [0.2, 0.25) is 5.91 Å². The molecule has 0 fully saturated rings. The molecule has 0 unspecified atom stereocenters. The lowest BCUT2D eigenvalue weighted by Crippen LogP contribution is -2.14. The molecule has 0 saturated heterocycles. The number of carbonyl (C=O) groups is 1. The Labute approximate surface area is 114 Å². The van der Waals surface area contributed by atoms with Gasteiger partial charge in [0.15, 0.2) is 5.13 Å². The molecule has 0 atom stereocenters. The predicted octanol–water partition coefficient (Wildman–Crippen LogP) is 1.22. The van der Waals surface area contributed by atoms with Gasteiger partial charge in [-0.25, -0.2) is 4.98 Å². The zero-order chi connectivity index (χ0) is 13.7. The lowest BCUT2D eigenvalue weighted by molar-refractivity contribution is -0.117. The molecule has 6 nitrogen and oxygen atoms in total. The second kappa shape index (κ2) is 6.46. The summed E-state index contributed by atoms with van der Waals surface area (Å²) in [5, 5.41) is 11.8. The molecular formula is C12H15N3O3S. The van der Waals surface area contributed by atoms with Gasteiger partial charge in [0.05, 0.1) is 36.5 Å². The van der Waals surface area contributed by atoms with Gasteiger partial charge in [0.25, 0.3) is 0 Å². The van der Waals surface area contributed by atoms with E-state index in [1.165, 1.54) is 11.3 Å². The van der Waals surface area contributed by atoms with E-state index in [-0.39, 0.29) is 32.1 Å². The highest BCUT2D eigenvalue weighted by atomic mass is 32.1. The van der Waals surface area contributed by atoms with Crippen molar-refractivity contribution in [2.24, 2.45) is 0 Å². The van der Waals surface area contributed by atoms with Gasteiger partial charge in [-0.05, 0) is 18.2 Å². The number of nitrogen functional groups attached to an aromatic ring is 1. The van der Waals surface area contributed by atoms with Crippen LogP contribution in [0.25, 0.3) is 10.2 Å². The summed E-state index contributed by atoms with van der Waals surface area (Å²) in [5.74, 6) is -0.162. The van der Waals surface area contributed by atoms with Gasteiger partial charge in [0, 0.05) is 5.69 Å². The Morgan fingerprint density at radius 3 is 3.11 bits per heavy atom. The van der Waals surface area contributed by atoms with Gasteiger partial charge < -0.3 is 20.9 Å². The lowest BCUT2D eigenvalue weighted by atomic mass is 10.3. The number of aliphatic hydroxyl groups is 1. The Morgan fingerprint density at radius 1 is 1.47 bits per heavy atom. The summed E-state index contributed by atoms with van der Waals surface area (Å²) in [6.07, 6.45) is 0.234. The quantitative estimate of drug-likeness (QED) is 0.546. The number of nitrogens with two attached hydrogens (primary N) is 1. The van der Waals surface area contributed by atoms with Crippen LogP contribution in [0.2, 0.25) is 0 Å². The minimum atomic E-state index is -0.162. The number of aliphatic hydroxyl groups excluding tert-OH is 1. The largest absolute Gasteiger partial charge is 0.399 e. The van der Waals surface area contributed by atoms with Crippen LogP contribution in [-0.4, -0.2) is 35.8 Å². The standard InChI is InChI=1S/C12H15N3O3S/c13-8-1-2-9-10(7-8)19-12(14-9)15-11(17)3-5-18-6-4-16/h1-2,7,16H,3-6,13H2,(H,14,15,17). The van der Waals surface area contributed by atoms with Crippen molar-refractivity contribution in [3.05, 3.63) is 18.2 Å². The fourth-order valence-electron chi connectivity index (χ4n) is 1.51. The number of hydrogen-bond acceptors (Lipinski definition) is 6. The number of fused-ring (bicyclic) bond motifs is 1. The number of benzene rings is 1. The fourth-order valence-corrected chi connectivity index (χ4v) is 2.44. The van der Waals surface area contributed by atoms with Crippen LogP contribution >= 0.6 is 11.3 Å². The molecule has 4 N–H and O–H groups in total. The third-order valence-electron chi connectivity index (χ3n) is 2.37. The van der Waals surface area contributed by atoms with Crippen molar-refractivity contribution in [2.75, 3.05) is 30.9 Å². The molecule has 2 rings (SSSR count). The van der Waals surface area contributed by atoms with Gasteiger partial charge in [-0.2, -0.15) is 0 Å². The Hall–Kier alpha value is -1.70. The number of nitrogens with one attached hydrogen (secondary N) is 1. The molecule has 0 spiro atoms. The molecular weight excluding hydrogens is 266 g/mol. The first-order valence-corrected chi connectivity index (χ1v) is 6.65. The molecule has 7 heteroatoms. The van der Waals surface area contributed by atoms with Crippen LogP contribution in [0.3, 0.4) is 0 Å². The van der Waals surface area contributed by atoms with E-state index < -0.39 is 0 Å². The highest BCUT2D eigenvalue weighted by molar-refractivity contribution is 7.22. The topological polar surface area (TPSA) is 97.5 Å². The monoisotopic (exact) mass is 281 g/mol. The summed E-state index contributed by atoms with van der Waals surface area (Å²) in [7, 11) is 0. The van der Waals surface area contributed by atoms with E-state index in [0.717, 1.165) is 10.2 Å². The van der Waals surface area contributed by atoms with Crippen molar-refractivity contribution in [3.8, 4) is 0 Å². The number of thiazole rings is 1. The van der Waals surface area contributed by atoms with Gasteiger partial charge in [-0.1, -0.05) is 11.3 Å². The molecule has 0 aliphatic rings. The average molecular weight is 281 g/mol. The second-order valence-electron chi connectivity index (χ2n) is 3.88. The van der Waals surface area contributed by atoms with Gasteiger partial charge >= 0.3 is 0 Å². The smallest absolute Gasteiger partial charge is 0.228 e. The molecule has 1 aromatic heterocycles. The maximum atomic E-state index is 11.6. The minimum absolute atomic E-state index is 0.0408. The summed E-state index contributed by atoms with van der Waals surface area (Å²) < 4.78 is 5.96. The molecule has 0 aliphatic carbocycles. The minimum Gasteiger partial charge on any atom is -0.399 e. The zero-order valence-corrected chi connectivity index (χ0v) is 11.1. The van der Waals surface area contributed by atoms with E-state index in [1.807, 2.05) is 12.1 Å². The Bertz CT molecular complexity index is 570. The van der Waals surface area contributed by atoms with Gasteiger partial charge in [-0.3, -0.25) is 4.79 Å². The van der Waals surface area contributed by atoms with Crippen LogP contribution in [0, 0.1) is 0 Å². The molecule has 0 bridgehead atoms. The number of aromatic nitrogens is 1. The van der Waals surface area contributed by atoms with Crippen LogP contribution < -0.4 is 11.1 Å². The van der Waals surface area contributed by atoms with Crippen molar-refractivity contribution in [1.29, 1.82) is 0 Å². The van der Waals surface area contributed by atoms with E-state index >= 15 is 0 Å². The molecule has 0 aliphatic heterocycles. The Kier molecular flexibility index (Phi) is 4.67. The average Bonchev–Trinajstić information content (AvgIpc) is 2.76. The van der Waals surface area contributed by atoms with E-state index in [4.69, 9.17) is 15.6 Å². The maximum absolute atomic E-state index is 11.6. The normalized spacial score (nSPS) is 10.8. The molecule has 0 saturated carbocycles. The molecule has 1 aromatic carbocycles. The van der Waals surface area contributed by atoms with Crippen LogP contribution in [0.5, 0.6) is 0 Å². The SMILES string of the molecule is Nc1ccc2nc(NC(=O)CCOCCO)sc2c1. The number of anilines is 2. The number of ether oxygens (including phenoxy) is 1. The first kappa shape index (κ1) is 13.7. The first-order chi connectivity index (χ1) is 9.19. The van der Waals surface area contributed by atoms with Gasteiger partial charge in [-0.15, -0.1) is 0 Å². The molecule has 19 heavy (non-hydrogen) atoms. The third-order valence-corrected chi connectivity index (χ3v) is 3.30. The van der Waals surface area contributed by atoms with E-state index in [9.17, 15) is 4.79 Å².